The molecule has 0 radical (unpaired) electrons. The zero-order chi connectivity index (χ0) is 14.1. The summed E-state index contributed by atoms with van der Waals surface area (Å²) in [6.45, 7) is 10.9. The van der Waals surface area contributed by atoms with Crippen molar-refractivity contribution in [3.05, 3.63) is 45.3 Å². The monoisotopic (exact) mass is 267 g/mol. The molecule has 1 fully saturated rings. The Kier molecular flexibility index (Phi) is 3.80. The molecule has 1 aromatic carbocycles. The van der Waals surface area contributed by atoms with Crippen molar-refractivity contribution < 1.29 is 0 Å². The first-order valence-corrected chi connectivity index (χ1v) is 7.88. The Balaban J connectivity index is 1.98. The van der Waals surface area contributed by atoms with Crippen LogP contribution in [0.3, 0.4) is 0 Å². The van der Waals surface area contributed by atoms with E-state index in [1.165, 1.54) is 52.8 Å². The Labute approximate surface area is 122 Å². The molecule has 3 rings (SSSR count). The van der Waals surface area contributed by atoms with Gasteiger partial charge in [0.1, 0.15) is 0 Å². The van der Waals surface area contributed by atoms with Crippen LogP contribution in [0.1, 0.15) is 49.3 Å². The predicted octanol–water partition coefficient (Wildman–Crippen LogP) is 3.02. The van der Waals surface area contributed by atoms with Gasteiger partial charge in [0.05, 0.1) is 0 Å². The van der Waals surface area contributed by atoms with E-state index < -0.39 is 0 Å². The average molecular weight is 267 g/mol. The largest absolute Gasteiger partial charge is 0.292 e. The Morgan fingerprint density at radius 2 is 2.00 bits per heavy atom. The fraction of sp³-hybridized carbons (Fsp3) is 0.474. The van der Waals surface area contributed by atoms with Gasteiger partial charge in [-0.25, -0.2) is 0 Å². The van der Waals surface area contributed by atoms with Gasteiger partial charge in [0.15, 0.2) is 0 Å². The average Bonchev–Trinajstić information content (AvgIpc) is 3.06. The molecule has 20 heavy (non-hydrogen) atoms. The molecule has 0 unspecified atom stereocenters. The van der Waals surface area contributed by atoms with Crippen LogP contribution in [0.25, 0.3) is 12.7 Å². The standard InChI is InChI=1S/C19H25N/c1-4-5-10-18-14(2)11-16-12-20(13-19(16)15(18)3)17-8-6-7-9-17/h4-5,10-11,17H,3,6-9,12-13H2,1-2H3/b5-4-,18-10-. The zero-order valence-electron chi connectivity index (χ0n) is 12.8. The van der Waals surface area contributed by atoms with Crippen molar-refractivity contribution in [2.45, 2.75) is 58.7 Å². The molecule has 0 amide bonds. The molecule has 106 valence electrons. The van der Waals surface area contributed by atoms with Gasteiger partial charge in [-0.3, -0.25) is 4.90 Å². The number of aryl methyl sites for hydroxylation is 1. The van der Waals surface area contributed by atoms with Gasteiger partial charge in [-0.15, -0.1) is 0 Å². The molecule has 0 bridgehead atoms. The SMILES string of the molecule is C=c1c2c(cc(C)/c1=C/C=C\C)CN(C1CCCC1)C2. The van der Waals surface area contributed by atoms with E-state index in [0.29, 0.717) is 0 Å². The number of benzene rings is 1. The third-order valence-corrected chi connectivity index (χ3v) is 4.92. The van der Waals surface area contributed by atoms with Gasteiger partial charge in [-0.2, -0.15) is 0 Å². The second-order valence-electron chi connectivity index (χ2n) is 6.26. The normalized spacial score (nSPS) is 21.2. The first-order chi connectivity index (χ1) is 9.70. The lowest BCUT2D eigenvalue weighted by atomic mass is 10.0. The highest BCUT2D eigenvalue weighted by atomic mass is 15.2. The fourth-order valence-corrected chi connectivity index (χ4v) is 3.79. The predicted molar refractivity (Wildman–Crippen MR) is 86.7 cm³/mol. The summed E-state index contributed by atoms with van der Waals surface area (Å²) in [6, 6.07) is 3.19. The molecular formula is C19H25N. The minimum absolute atomic E-state index is 0.810. The second kappa shape index (κ2) is 5.57. The van der Waals surface area contributed by atoms with Gasteiger partial charge >= 0.3 is 0 Å². The molecule has 0 atom stereocenters. The molecule has 0 aromatic heterocycles. The minimum Gasteiger partial charge on any atom is -0.292 e. The Bertz CT molecular complexity index is 633. The topological polar surface area (TPSA) is 3.24 Å². The van der Waals surface area contributed by atoms with Crippen LogP contribution in [0.15, 0.2) is 18.2 Å². The minimum atomic E-state index is 0.810. The zero-order valence-corrected chi connectivity index (χ0v) is 12.8. The van der Waals surface area contributed by atoms with Crippen LogP contribution < -0.4 is 10.4 Å². The highest BCUT2D eigenvalue weighted by molar-refractivity contribution is 5.46. The highest BCUT2D eigenvalue weighted by Gasteiger charge is 2.28. The summed E-state index contributed by atoms with van der Waals surface area (Å²) < 4.78 is 0. The molecule has 1 aromatic rings. The van der Waals surface area contributed by atoms with E-state index in [1.54, 1.807) is 0 Å². The van der Waals surface area contributed by atoms with E-state index >= 15 is 0 Å². The van der Waals surface area contributed by atoms with Crippen molar-refractivity contribution in [2.75, 3.05) is 0 Å². The Hall–Kier alpha value is -1.34. The van der Waals surface area contributed by atoms with Crippen LogP contribution in [0, 0.1) is 6.92 Å². The number of fused-ring (bicyclic) bond motifs is 1. The first kappa shape index (κ1) is 13.6. The van der Waals surface area contributed by atoms with E-state index in [1.807, 2.05) is 0 Å². The van der Waals surface area contributed by atoms with E-state index in [0.717, 1.165) is 19.1 Å². The number of hydrogen-bond donors (Lipinski definition) is 0. The lowest BCUT2D eigenvalue weighted by molar-refractivity contribution is 0.202. The van der Waals surface area contributed by atoms with E-state index in [2.05, 4.69) is 49.6 Å². The molecular weight excluding hydrogens is 242 g/mol. The number of rotatable bonds is 2. The number of hydrogen-bond acceptors (Lipinski definition) is 1. The number of nitrogens with zero attached hydrogens (tertiary/aromatic N) is 1. The summed E-state index contributed by atoms with van der Waals surface area (Å²) in [5.74, 6) is 0. The van der Waals surface area contributed by atoms with Crippen LogP contribution in [0.4, 0.5) is 0 Å². The molecule has 1 aliphatic carbocycles. The van der Waals surface area contributed by atoms with Gasteiger partial charge in [0.25, 0.3) is 0 Å². The van der Waals surface area contributed by atoms with Crippen molar-refractivity contribution in [3.8, 4) is 0 Å². The summed E-state index contributed by atoms with van der Waals surface area (Å²) in [5, 5.41) is 2.56. The molecule has 1 heterocycles. The summed E-state index contributed by atoms with van der Waals surface area (Å²) in [6.07, 6.45) is 12.0. The van der Waals surface area contributed by atoms with E-state index in [-0.39, 0.29) is 0 Å². The molecule has 0 spiro atoms. The maximum Gasteiger partial charge on any atom is 0.0249 e. The van der Waals surface area contributed by atoms with Gasteiger partial charge in [-0.05, 0) is 53.8 Å². The summed E-state index contributed by atoms with van der Waals surface area (Å²) in [5.41, 5.74) is 4.36. The van der Waals surface area contributed by atoms with Crippen molar-refractivity contribution in [3.63, 3.8) is 0 Å². The number of allylic oxidation sites excluding steroid dienone is 2. The molecule has 1 heteroatoms. The molecule has 0 N–H and O–H groups in total. The molecule has 2 aliphatic rings. The molecule has 1 aliphatic heterocycles. The van der Waals surface area contributed by atoms with Crippen molar-refractivity contribution in [1.82, 2.24) is 4.90 Å². The van der Waals surface area contributed by atoms with Crippen LogP contribution in [-0.2, 0) is 13.1 Å². The van der Waals surface area contributed by atoms with Gasteiger partial charge < -0.3 is 0 Å². The first-order valence-electron chi connectivity index (χ1n) is 7.88. The maximum absolute atomic E-state index is 4.38. The van der Waals surface area contributed by atoms with E-state index in [9.17, 15) is 0 Å². The van der Waals surface area contributed by atoms with Gasteiger partial charge in [0, 0.05) is 19.1 Å². The quantitative estimate of drug-likeness (QED) is 0.796. The molecule has 0 saturated heterocycles. The van der Waals surface area contributed by atoms with Crippen molar-refractivity contribution >= 4 is 12.7 Å². The third kappa shape index (κ3) is 2.35. The van der Waals surface area contributed by atoms with Crippen LogP contribution >= 0.6 is 0 Å². The van der Waals surface area contributed by atoms with Gasteiger partial charge in [0.2, 0.25) is 0 Å². The van der Waals surface area contributed by atoms with Gasteiger partial charge in [-0.1, -0.05) is 43.7 Å². The van der Waals surface area contributed by atoms with Crippen LogP contribution in [0.2, 0.25) is 0 Å². The maximum atomic E-state index is 4.38. The van der Waals surface area contributed by atoms with Crippen molar-refractivity contribution in [2.24, 2.45) is 0 Å². The fourth-order valence-electron chi connectivity index (χ4n) is 3.79. The van der Waals surface area contributed by atoms with E-state index in [4.69, 9.17) is 0 Å². The van der Waals surface area contributed by atoms with Crippen LogP contribution in [-0.4, -0.2) is 10.9 Å². The summed E-state index contributed by atoms with van der Waals surface area (Å²) in [7, 11) is 0. The molecule has 1 saturated carbocycles. The third-order valence-electron chi connectivity index (χ3n) is 4.92. The Morgan fingerprint density at radius 1 is 1.25 bits per heavy atom. The molecule has 1 nitrogen and oxygen atoms in total. The van der Waals surface area contributed by atoms with Crippen LogP contribution in [0.5, 0.6) is 0 Å². The van der Waals surface area contributed by atoms with Crippen molar-refractivity contribution in [1.29, 1.82) is 0 Å². The smallest absolute Gasteiger partial charge is 0.0249 e. The lowest BCUT2D eigenvalue weighted by Gasteiger charge is -2.22. The Morgan fingerprint density at radius 3 is 2.70 bits per heavy atom. The lowest BCUT2D eigenvalue weighted by Crippen LogP contribution is -2.31. The highest BCUT2D eigenvalue weighted by Crippen LogP contribution is 2.30. The summed E-state index contributed by atoms with van der Waals surface area (Å²) >= 11 is 0. The summed E-state index contributed by atoms with van der Waals surface area (Å²) in [4.78, 5) is 2.67. The second-order valence-corrected chi connectivity index (χ2v) is 6.26.